The summed E-state index contributed by atoms with van der Waals surface area (Å²) < 4.78 is 2.13. The first kappa shape index (κ1) is 18.3. The topological polar surface area (TPSA) is 63.1 Å². The second kappa shape index (κ2) is 7.24. The zero-order valence-electron chi connectivity index (χ0n) is 15.9. The summed E-state index contributed by atoms with van der Waals surface area (Å²) in [4.78, 5) is 24.5. The molecule has 30 heavy (non-hydrogen) atoms. The van der Waals surface area contributed by atoms with E-state index in [2.05, 4.69) is 45.5 Å². The maximum absolute atomic E-state index is 12.2. The molecule has 2 amide bonds. The molecule has 2 N–H and O–H groups in total. The van der Waals surface area contributed by atoms with Crippen LogP contribution in [0.25, 0.3) is 27.8 Å². The van der Waals surface area contributed by atoms with E-state index in [-0.39, 0.29) is 10.7 Å². The Hall–Kier alpha value is -3.77. The summed E-state index contributed by atoms with van der Waals surface area (Å²) in [7, 11) is 0. The summed E-state index contributed by atoms with van der Waals surface area (Å²) in [5.41, 5.74) is 3.05. The molecule has 5 nitrogen and oxygen atoms in total. The van der Waals surface area contributed by atoms with E-state index in [0.29, 0.717) is 6.54 Å². The average molecular weight is 411 g/mol. The van der Waals surface area contributed by atoms with E-state index in [4.69, 9.17) is 12.2 Å². The number of carbonyl (C=O) groups is 2. The number of thiocarbonyl (C=S) groups is 1. The average Bonchev–Trinajstić information content (AvgIpc) is 3.08. The number of aromatic nitrogens is 1. The van der Waals surface area contributed by atoms with Crippen molar-refractivity contribution < 1.29 is 9.59 Å². The molecule has 5 rings (SSSR count). The van der Waals surface area contributed by atoms with Crippen LogP contribution in [-0.4, -0.2) is 21.5 Å². The summed E-state index contributed by atoms with van der Waals surface area (Å²) in [6, 6.07) is 22.7. The van der Waals surface area contributed by atoms with Crippen molar-refractivity contribution in [1.82, 2.24) is 15.2 Å². The summed E-state index contributed by atoms with van der Waals surface area (Å²) in [5.74, 6) is -0.981. The molecule has 3 aromatic carbocycles. The maximum atomic E-state index is 12.2. The normalized spacial score (nSPS) is 14.1. The van der Waals surface area contributed by atoms with Gasteiger partial charge in [0.1, 0.15) is 5.57 Å². The van der Waals surface area contributed by atoms with E-state index in [1.807, 2.05) is 42.6 Å². The van der Waals surface area contributed by atoms with Gasteiger partial charge in [-0.2, -0.15) is 0 Å². The third kappa shape index (κ3) is 3.27. The fourth-order valence-electron chi connectivity index (χ4n) is 3.82. The van der Waals surface area contributed by atoms with Crippen molar-refractivity contribution in [3.63, 3.8) is 0 Å². The number of amides is 2. The number of rotatable bonds is 3. The van der Waals surface area contributed by atoms with Gasteiger partial charge in [-0.3, -0.25) is 20.2 Å². The SMILES string of the molecule is O=C1NC(=S)NC(=O)C1=Cc1cn(Cc2ccc3ccccc3c2)c2ccccc12. The molecule has 1 aromatic heterocycles. The Morgan fingerprint density at radius 3 is 2.37 bits per heavy atom. The lowest BCUT2D eigenvalue weighted by molar-refractivity contribution is -0.123. The Balaban J connectivity index is 1.57. The maximum Gasteiger partial charge on any atom is 0.263 e. The Kier molecular flexibility index (Phi) is 4.41. The smallest absolute Gasteiger partial charge is 0.263 e. The second-order valence-corrected chi connectivity index (χ2v) is 7.61. The molecule has 0 unspecified atom stereocenters. The van der Waals surface area contributed by atoms with Gasteiger partial charge in [-0.1, -0.05) is 54.6 Å². The Bertz CT molecular complexity index is 1360. The fraction of sp³-hybridized carbons (Fsp3) is 0.0417. The van der Waals surface area contributed by atoms with Crippen LogP contribution in [0.4, 0.5) is 0 Å². The molecule has 0 spiro atoms. The van der Waals surface area contributed by atoms with Crippen LogP contribution >= 0.6 is 12.2 Å². The van der Waals surface area contributed by atoms with Crippen molar-refractivity contribution in [2.75, 3.05) is 0 Å². The van der Waals surface area contributed by atoms with Crippen molar-refractivity contribution in [1.29, 1.82) is 0 Å². The summed E-state index contributed by atoms with van der Waals surface area (Å²) >= 11 is 4.87. The van der Waals surface area contributed by atoms with Crippen molar-refractivity contribution in [3.8, 4) is 0 Å². The molecule has 0 aliphatic carbocycles. The highest BCUT2D eigenvalue weighted by atomic mass is 32.1. The number of nitrogens with zero attached hydrogens (tertiary/aromatic N) is 1. The number of benzene rings is 3. The number of carbonyl (C=O) groups excluding carboxylic acids is 2. The van der Waals surface area contributed by atoms with Crippen LogP contribution in [0.3, 0.4) is 0 Å². The minimum Gasteiger partial charge on any atom is -0.342 e. The monoisotopic (exact) mass is 411 g/mol. The van der Waals surface area contributed by atoms with Gasteiger partial charge in [-0.15, -0.1) is 0 Å². The molecule has 0 saturated carbocycles. The predicted octanol–water partition coefficient (Wildman–Crippen LogP) is 3.76. The molecule has 146 valence electrons. The van der Waals surface area contributed by atoms with Gasteiger partial charge in [0.2, 0.25) is 0 Å². The highest BCUT2D eigenvalue weighted by Crippen LogP contribution is 2.26. The Labute approximate surface area is 178 Å². The van der Waals surface area contributed by atoms with E-state index in [1.54, 1.807) is 6.08 Å². The van der Waals surface area contributed by atoms with Crippen LogP contribution in [-0.2, 0) is 16.1 Å². The molecule has 4 aromatic rings. The fourth-order valence-corrected chi connectivity index (χ4v) is 4.00. The molecule has 1 aliphatic rings. The van der Waals surface area contributed by atoms with Crippen molar-refractivity contribution in [3.05, 3.63) is 89.6 Å². The minimum atomic E-state index is -0.491. The van der Waals surface area contributed by atoms with E-state index in [0.717, 1.165) is 16.5 Å². The van der Waals surface area contributed by atoms with E-state index in [9.17, 15) is 9.59 Å². The number of nitrogens with one attached hydrogen (secondary N) is 2. The number of hydrogen-bond acceptors (Lipinski definition) is 3. The van der Waals surface area contributed by atoms with Gasteiger partial charge in [0, 0.05) is 29.2 Å². The molecular formula is C24H17N3O2S. The Morgan fingerprint density at radius 2 is 1.57 bits per heavy atom. The van der Waals surface area contributed by atoms with Gasteiger partial charge in [-0.25, -0.2) is 0 Å². The number of para-hydroxylation sites is 1. The van der Waals surface area contributed by atoms with Gasteiger partial charge in [0.05, 0.1) is 0 Å². The van der Waals surface area contributed by atoms with Crippen LogP contribution in [0, 0.1) is 0 Å². The number of fused-ring (bicyclic) bond motifs is 2. The summed E-state index contributed by atoms with van der Waals surface area (Å²) in [5, 5.41) is 8.35. The molecule has 0 atom stereocenters. The third-order valence-corrected chi connectivity index (χ3v) is 5.43. The van der Waals surface area contributed by atoms with Gasteiger partial charge in [0.25, 0.3) is 11.8 Å². The van der Waals surface area contributed by atoms with Crippen molar-refractivity contribution in [2.45, 2.75) is 6.54 Å². The minimum absolute atomic E-state index is 0.0286. The van der Waals surface area contributed by atoms with Crippen LogP contribution in [0.5, 0.6) is 0 Å². The third-order valence-electron chi connectivity index (χ3n) is 5.23. The van der Waals surface area contributed by atoms with Gasteiger partial charge < -0.3 is 4.57 Å². The molecule has 1 aliphatic heterocycles. The van der Waals surface area contributed by atoms with Crippen molar-refractivity contribution in [2.24, 2.45) is 0 Å². The van der Waals surface area contributed by atoms with E-state index >= 15 is 0 Å². The van der Waals surface area contributed by atoms with Gasteiger partial charge >= 0.3 is 0 Å². The van der Waals surface area contributed by atoms with Gasteiger partial charge in [-0.05, 0) is 46.8 Å². The van der Waals surface area contributed by atoms with Crippen LogP contribution in [0.2, 0.25) is 0 Å². The number of hydrogen-bond donors (Lipinski definition) is 2. The van der Waals surface area contributed by atoms with Crippen LogP contribution < -0.4 is 10.6 Å². The molecule has 6 heteroatoms. The van der Waals surface area contributed by atoms with Crippen LogP contribution in [0.15, 0.2) is 78.5 Å². The van der Waals surface area contributed by atoms with E-state index < -0.39 is 11.8 Å². The molecule has 1 fully saturated rings. The Morgan fingerprint density at radius 1 is 0.867 bits per heavy atom. The zero-order chi connectivity index (χ0) is 20.7. The quantitative estimate of drug-likeness (QED) is 0.307. The molecule has 0 radical (unpaired) electrons. The first-order valence-corrected chi connectivity index (χ1v) is 9.93. The molecule has 1 saturated heterocycles. The lowest BCUT2D eigenvalue weighted by Gasteiger charge is -2.16. The first-order chi connectivity index (χ1) is 14.6. The summed E-state index contributed by atoms with van der Waals surface area (Å²) in [6.45, 7) is 0.678. The molecular weight excluding hydrogens is 394 g/mol. The van der Waals surface area contributed by atoms with Gasteiger partial charge in [0.15, 0.2) is 5.11 Å². The molecule has 2 heterocycles. The highest BCUT2D eigenvalue weighted by Gasteiger charge is 2.26. The lowest BCUT2D eigenvalue weighted by Crippen LogP contribution is -2.51. The van der Waals surface area contributed by atoms with E-state index in [1.165, 1.54) is 16.3 Å². The zero-order valence-corrected chi connectivity index (χ0v) is 16.7. The lowest BCUT2D eigenvalue weighted by atomic mass is 10.1. The van der Waals surface area contributed by atoms with Crippen molar-refractivity contribution >= 4 is 56.9 Å². The first-order valence-electron chi connectivity index (χ1n) is 9.52. The van der Waals surface area contributed by atoms with Crippen LogP contribution in [0.1, 0.15) is 11.1 Å². The predicted molar refractivity (Wildman–Crippen MR) is 122 cm³/mol. The standard InChI is InChI=1S/C24H17N3O2S/c28-22-20(23(29)26-24(30)25-22)12-18-14-27(21-8-4-3-7-19(18)21)13-15-9-10-16-5-1-2-6-17(16)11-15/h1-12,14H,13H2,(H2,25,26,28,29,30). The molecule has 0 bridgehead atoms. The largest absolute Gasteiger partial charge is 0.342 e. The highest BCUT2D eigenvalue weighted by molar-refractivity contribution is 7.80. The summed E-state index contributed by atoms with van der Waals surface area (Å²) in [6.07, 6.45) is 3.59. The second-order valence-electron chi connectivity index (χ2n) is 7.21.